The largest absolute Gasteiger partial charge is 0.480 e. The Labute approximate surface area is 174 Å². The molecule has 0 saturated carbocycles. The average molecular weight is 427 g/mol. The summed E-state index contributed by atoms with van der Waals surface area (Å²) in [5, 5.41) is 18.8. The Bertz CT molecular complexity index is 693. The zero-order valence-corrected chi connectivity index (χ0v) is 17.8. The molecule has 10 heteroatoms. The van der Waals surface area contributed by atoms with Crippen LogP contribution >= 0.6 is 11.3 Å². The maximum atomic E-state index is 12.7. The molecule has 3 atom stereocenters. The number of carbonyl (C=O) groups excluding carboxylic acids is 3. The quantitative estimate of drug-likeness (QED) is 0.323. The van der Waals surface area contributed by atoms with Gasteiger partial charge in [-0.2, -0.15) is 0 Å². The maximum Gasteiger partial charge on any atom is 0.326 e. The van der Waals surface area contributed by atoms with Crippen molar-refractivity contribution in [3.63, 3.8) is 0 Å². The van der Waals surface area contributed by atoms with Crippen LogP contribution in [0.2, 0.25) is 0 Å². The molecule has 0 aliphatic heterocycles. The third-order valence-electron chi connectivity index (χ3n) is 4.08. The molecule has 1 aromatic heterocycles. The van der Waals surface area contributed by atoms with E-state index >= 15 is 0 Å². The summed E-state index contributed by atoms with van der Waals surface area (Å²) in [7, 11) is 0. The second-order valence-corrected chi connectivity index (χ2v) is 8.23. The van der Waals surface area contributed by atoms with Gasteiger partial charge in [-0.15, -0.1) is 11.3 Å². The van der Waals surface area contributed by atoms with Crippen LogP contribution in [0, 0.1) is 5.92 Å². The first kappa shape index (κ1) is 24.6. The average Bonchev–Trinajstić information content (AvgIpc) is 3.13. The molecule has 29 heavy (non-hydrogen) atoms. The van der Waals surface area contributed by atoms with E-state index in [1.165, 1.54) is 18.3 Å². The minimum Gasteiger partial charge on any atom is -0.480 e. The van der Waals surface area contributed by atoms with Gasteiger partial charge in [0.15, 0.2) is 0 Å². The van der Waals surface area contributed by atoms with E-state index in [1.54, 1.807) is 0 Å². The minimum atomic E-state index is -1.13. The predicted molar refractivity (Wildman–Crippen MR) is 110 cm³/mol. The normalized spacial score (nSPS) is 14.0. The second-order valence-electron chi connectivity index (χ2n) is 7.20. The summed E-state index contributed by atoms with van der Waals surface area (Å²) in [5.41, 5.74) is 5.38. The molecular weight excluding hydrogens is 396 g/mol. The number of amides is 3. The zero-order chi connectivity index (χ0) is 22.0. The molecule has 0 saturated heterocycles. The number of hydrogen-bond acceptors (Lipinski definition) is 6. The summed E-state index contributed by atoms with van der Waals surface area (Å²) in [4.78, 5) is 49.2. The molecule has 0 radical (unpaired) electrons. The zero-order valence-electron chi connectivity index (χ0n) is 16.9. The van der Waals surface area contributed by atoms with Crippen molar-refractivity contribution < 1.29 is 24.3 Å². The van der Waals surface area contributed by atoms with Gasteiger partial charge >= 0.3 is 5.97 Å². The number of rotatable bonds is 12. The van der Waals surface area contributed by atoms with E-state index in [9.17, 15) is 24.3 Å². The molecule has 6 N–H and O–H groups in total. The highest BCUT2D eigenvalue weighted by molar-refractivity contribution is 7.09. The van der Waals surface area contributed by atoms with Crippen LogP contribution in [0.3, 0.4) is 0 Å². The van der Waals surface area contributed by atoms with E-state index < -0.39 is 35.9 Å². The predicted octanol–water partition coefficient (Wildman–Crippen LogP) is 0.244. The van der Waals surface area contributed by atoms with Crippen LogP contribution in [0.1, 0.15) is 38.5 Å². The third-order valence-corrected chi connectivity index (χ3v) is 4.98. The molecule has 0 spiro atoms. The molecule has 0 fully saturated rings. The number of carboxylic acids is 1. The highest BCUT2D eigenvalue weighted by atomic mass is 32.1. The van der Waals surface area contributed by atoms with Gasteiger partial charge in [0, 0.05) is 24.3 Å². The van der Waals surface area contributed by atoms with E-state index in [2.05, 4.69) is 16.0 Å². The number of hydrogen-bond donors (Lipinski definition) is 5. The van der Waals surface area contributed by atoms with Crippen molar-refractivity contribution in [2.24, 2.45) is 11.7 Å². The Balaban J connectivity index is 2.76. The Hall–Kier alpha value is -2.46. The molecule has 0 aliphatic rings. The molecule has 0 aliphatic carbocycles. The first-order valence-electron chi connectivity index (χ1n) is 9.49. The summed E-state index contributed by atoms with van der Waals surface area (Å²) >= 11 is 1.45. The lowest BCUT2D eigenvalue weighted by Crippen LogP contribution is -2.55. The number of aliphatic carboxylic acids is 1. The van der Waals surface area contributed by atoms with Crippen molar-refractivity contribution in [1.29, 1.82) is 0 Å². The lowest BCUT2D eigenvalue weighted by Gasteiger charge is -2.23. The summed E-state index contributed by atoms with van der Waals surface area (Å²) < 4.78 is 0. The SMILES string of the molecule is CC(C)C[C@H](NC(=O)[C@H](C)NC(=O)[C@H](Cc1cccs1)NC(=O)CCN)C(=O)O. The van der Waals surface area contributed by atoms with E-state index in [-0.39, 0.29) is 37.6 Å². The van der Waals surface area contributed by atoms with Gasteiger partial charge < -0.3 is 26.8 Å². The van der Waals surface area contributed by atoms with Gasteiger partial charge in [0.2, 0.25) is 17.7 Å². The second kappa shape index (κ2) is 12.2. The molecular formula is C19H30N4O5S. The highest BCUT2D eigenvalue weighted by Gasteiger charge is 2.27. The Morgan fingerprint density at radius 2 is 1.76 bits per heavy atom. The van der Waals surface area contributed by atoms with Gasteiger partial charge in [0.25, 0.3) is 0 Å². The Kier molecular flexibility index (Phi) is 10.3. The van der Waals surface area contributed by atoms with Crippen LogP contribution in [-0.2, 0) is 25.6 Å². The molecule has 3 amide bonds. The molecule has 1 aromatic rings. The first-order chi connectivity index (χ1) is 13.6. The van der Waals surface area contributed by atoms with Crippen molar-refractivity contribution in [2.45, 2.75) is 58.2 Å². The number of nitrogens with one attached hydrogen (secondary N) is 3. The van der Waals surface area contributed by atoms with Gasteiger partial charge in [-0.05, 0) is 30.7 Å². The molecule has 162 valence electrons. The van der Waals surface area contributed by atoms with Crippen LogP contribution in [0.5, 0.6) is 0 Å². The van der Waals surface area contributed by atoms with Gasteiger partial charge in [0.1, 0.15) is 18.1 Å². The Morgan fingerprint density at radius 1 is 1.07 bits per heavy atom. The number of carbonyl (C=O) groups is 4. The fourth-order valence-electron chi connectivity index (χ4n) is 2.61. The van der Waals surface area contributed by atoms with E-state index in [4.69, 9.17) is 5.73 Å². The van der Waals surface area contributed by atoms with Crippen molar-refractivity contribution in [1.82, 2.24) is 16.0 Å². The third kappa shape index (κ3) is 9.05. The summed E-state index contributed by atoms with van der Waals surface area (Å²) in [5.74, 6) is -2.54. The lowest BCUT2D eigenvalue weighted by molar-refractivity contribution is -0.142. The molecule has 1 rings (SSSR count). The highest BCUT2D eigenvalue weighted by Crippen LogP contribution is 2.12. The first-order valence-corrected chi connectivity index (χ1v) is 10.4. The lowest BCUT2D eigenvalue weighted by atomic mass is 10.0. The Morgan fingerprint density at radius 3 is 2.28 bits per heavy atom. The molecule has 0 aromatic carbocycles. The van der Waals surface area contributed by atoms with Crippen LogP contribution in [0.15, 0.2) is 17.5 Å². The van der Waals surface area contributed by atoms with E-state index in [0.717, 1.165) is 4.88 Å². The number of carboxylic acid groups (broad SMARTS) is 1. The summed E-state index contributed by atoms with van der Waals surface area (Å²) in [6, 6.07) is 0.822. The van der Waals surface area contributed by atoms with Gasteiger partial charge in [-0.3, -0.25) is 14.4 Å². The summed E-state index contributed by atoms with van der Waals surface area (Å²) in [6.07, 6.45) is 0.636. The van der Waals surface area contributed by atoms with Crippen LogP contribution in [0.4, 0.5) is 0 Å². The fourth-order valence-corrected chi connectivity index (χ4v) is 3.36. The molecule has 0 unspecified atom stereocenters. The van der Waals surface area contributed by atoms with Crippen molar-refractivity contribution in [3.05, 3.63) is 22.4 Å². The number of thiophene rings is 1. The van der Waals surface area contributed by atoms with Crippen molar-refractivity contribution >= 4 is 35.0 Å². The molecule has 1 heterocycles. The van der Waals surface area contributed by atoms with Gasteiger partial charge in [-0.1, -0.05) is 19.9 Å². The standard InChI is InChI=1S/C19H30N4O5S/c1-11(2)9-15(19(27)28)23-17(25)12(3)21-18(26)14(22-16(24)6-7-20)10-13-5-4-8-29-13/h4-5,8,11-12,14-15H,6-7,9-10,20H2,1-3H3,(H,21,26)(H,22,24)(H,23,25)(H,27,28)/t12-,14-,15-/m0/s1. The van der Waals surface area contributed by atoms with Crippen LogP contribution < -0.4 is 21.7 Å². The van der Waals surface area contributed by atoms with Crippen molar-refractivity contribution in [2.75, 3.05) is 6.54 Å². The number of nitrogens with two attached hydrogens (primary N) is 1. The van der Waals surface area contributed by atoms with Gasteiger partial charge in [0.05, 0.1) is 0 Å². The van der Waals surface area contributed by atoms with Crippen molar-refractivity contribution in [3.8, 4) is 0 Å². The molecule has 9 nitrogen and oxygen atoms in total. The smallest absolute Gasteiger partial charge is 0.326 e. The monoisotopic (exact) mass is 426 g/mol. The minimum absolute atomic E-state index is 0.0780. The maximum absolute atomic E-state index is 12.7. The fraction of sp³-hybridized carbons (Fsp3) is 0.579. The molecule has 0 bridgehead atoms. The van der Waals surface area contributed by atoms with Crippen LogP contribution in [-0.4, -0.2) is 53.5 Å². The van der Waals surface area contributed by atoms with E-state index in [0.29, 0.717) is 0 Å². The van der Waals surface area contributed by atoms with E-state index in [1.807, 2.05) is 31.4 Å². The summed E-state index contributed by atoms with van der Waals surface area (Å²) in [6.45, 7) is 5.33. The van der Waals surface area contributed by atoms with Crippen LogP contribution in [0.25, 0.3) is 0 Å². The van der Waals surface area contributed by atoms with Gasteiger partial charge in [-0.25, -0.2) is 4.79 Å². The topological polar surface area (TPSA) is 151 Å².